The van der Waals surface area contributed by atoms with Gasteiger partial charge in [0.2, 0.25) is 5.88 Å². The summed E-state index contributed by atoms with van der Waals surface area (Å²) in [6, 6.07) is 2.04. The van der Waals surface area contributed by atoms with Gasteiger partial charge in [0.15, 0.2) is 11.6 Å². The van der Waals surface area contributed by atoms with E-state index in [0.717, 1.165) is 42.2 Å². The van der Waals surface area contributed by atoms with E-state index in [1.807, 2.05) is 6.07 Å². The summed E-state index contributed by atoms with van der Waals surface area (Å²) in [5, 5.41) is 8.44. The summed E-state index contributed by atoms with van der Waals surface area (Å²) in [4.78, 5) is 19.5. The van der Waals surface area contributed by atoms with Gasteiger partial charge in [0.05, 0.1) is 19.7 Å². The molecule has 1 amide bonds. The highest BCUT2D eigenvalue weighted by atomic mass is 16.5. The quantitative estimate of drug-likeness (QED) is 0.825. The van der Waals surface area contributed by atoms with Crippen molar-refractivity contribution in [3.05, 3.63) is 34.5 Å². The molecule has 0 aromatic carbocycles. The molecule has 0 N–H and O–H groups in total. The van der Waals surface area contributed by atoms with Crippen LogP contribution in [0.2, 0.25) is 0 Å². The van der Waals surface area contributed by atoms with Gasteiger partial charge in [0.1, 0.15) is 12.2 Å². The third-order valence-corrected chi connectivity index (χ3v) is 5.09. The normalized spacial score (nSPS) is 18.6. The van der Waals surface area contributed by atoms with E-state index in [4.69, 9.17) is 9.47 Å². The molecule has 3 heterocycles. The number of amides is 1. The molecular weight excluding hydrogens is 334 g/mol. The fourth-order valence-electron chi connectivity index (χ4n) is 3.93. The van der Waals surface area contributed by atoms with Gasteiger partial charge in [-0.25, -0.2) is 4.98 Å². The van der Waals surface area contributed by atoms with Crippen molar-refractivity contribution in [3.63, 3.8) is 0 Å². The van der Waals surface area contributed by atoms with Crippen LogP contribution in [0.4, 0.5) is 0 Å². The van der Waals surface area contributed by atoms with E-state index in [9.17, 15) is 4.79 Å². The molecule has 2 aromatic heterocycles. The number of aromatic nitrogens is 4. The number of hydrogen-bond acceptors (Lipinski definition) is 6. The monoisotopic (exact) mass is 357 g/mol. The fraction of sp³-hybridized carbons (Fsp3) is 0.556. The summed E-state index contributed by atoms with van der Waals surface area (Å²) < 4.78 is 12.7. The molecule has 8 nitrogen and oxygen atoms in total. The van der Waals surface area contributed by atoms with Crippen molar-refractivity contribution in [1.82, 2.24) is 24.6 Å². The standard InChI is InChI=1S/C18H23N5O3/c1-11-8-22(9-15-20-21-16(10-25-2)23(11)15)18(24)13-7-12-5-4-6-14(12)19-17(13)26-3/h7,11H,4-6,8-10H2,1-3H3/t11-/m0/s1. The molecule has 4 rings (SSSR count). The lowest BCUT2D eigenvalue weighted by atomic mass is 10.1. The van der Waals surface area contributed by atoms with Crippen LogP contribution in [0.25, 0.3) is 0 Å². The summed E-state index contributed by atoms with van der Waals surface area (Å²) in [7, 11) is 3.20. The highest BCUT2D eigenvalue weighted by molar-refractivity contribution is 5.96. The minimum atomic E-state index is -0.0709. The molecule has 138 valence electrons. The number of pyridine rings is 1. The Balaban J connectivity index is 1.63. The van der Waals surface area contributed by atoms with Crippen LogP contribution in [0.5, 0.6) is 5.88 Å². The van der Waals surface area contributed by atoms with Crippen LogP contribution < -0.4 is 4.74 Å². The molecule has 8 heteroatoms. The predicted octanol–water partition coefficient (Wildman–Crippen LogP) is 1.53. The Kier molecular flexibility index (Phi) is 4.36. The molecular formula is C18H23N5O3. The summed E-state index contributed by atoms with van der Waals surface area (Å²) in [6.45, 7) is 3.47. The van der Waals surface area contributed by atoms with Crippen LogP contribution in [-0.4, -0.2) is 51.3 Å². The van der Waals surface area contributed by atoms with Crippen molar-refractivity contribution < 1.29 is 14.3 Å². The van der Waals surface area contributed by atoms with Gasteiger partial charge in [-0.2, -0.15) is 0 Å². The van der Waals surface area contributed by atoms with Crippen LogP contribution in [0.15, 0.2) is 6.07 Å². The van der Waals surface area contributed by atoms with E-state index in [0.29, 0.717) is 31.1 Å². The maximum atomic E-state index is 13.2. The van der Waals surface area contributed by atoms with Crippen molar-refractivity contribution in [2.75, 3.05) is 20.8 Å². The predicted molar refractivity (Wildman–Crippen MR) is 93.0 cm³/mol. The van der Waals surface area contributed by atoms with E-state index in [2.05, 4.69) is 26.7 Å². The number of rotatable bonds is 4. The average Bonchev–Trinajstić information content (AvgIpc) is 3.26. The zero-order valence-corrected chi connectivity index (χ0v) is 15.4. The fourth-order valence-corrected chi connectivity index (χ4v) is 3.93. The molecule has 0 spiro atoms. The third-order valence-electron chi connectivity index (χ3n) is 5.09. The van der Waals surface area contributed by atoms with Gasteiger partial charge in [-0.3, -0.25) is 4.79 Å². The van der Waals surface area contributed by atoms with Gasteiger partial charge in [0.25, 0.3) is 5.91 Å². The Morgan fingerprint density at radius 1 is 1.31 bits per heavy atom. The smallest absolute Gasteiger partial charge is 0.259 e. The van der Waals surface area contributed by atoms with Crippen LogP contribution in [0.1, 0.15) is 52.7 Å². The van der Waals surface area contributed by atoms with Crippen LogP contribution in [-0.2, 0) is 30.7 Å². The Morgan fingerprint density at radius 3 is 2.92 bits per heavy atom. The van der Waals surface area contributed by atoms with Gasteiger partial charge in [-0.15, -0.1) is 10.2 Å². The lowest BCUT2D eigenvalue weighted by Gasteiger charge is -2.32. The Hall–Kier alpha value is -2.48. The number of carbonyl (C=O) groups is 1. The Labute approximate surface area is 152 Å². The third kappa shape index (κ3) is 2.74. The molecule has 0 fully saturated rings. The largest absolute Gasteiger partial charge is 0.480 e. The van der Waals surface area contributed by atoms with E-state index in [-0.39, 0.29) is 11.9 Å². The molecule has 26 heavy (non-hydrogen) atoms. The number of hydrogen-bond donors (Lipinski definition) is 0. The van der Waals surface area contributed by atoms with Crippen LogP contribution in [0.3, 0.4) is 0 Å². The second-order valence-corrected chi connectivity index (χ2v) is 6.87. The Morgan fingerprint density at radius 2 is 2.15 bits per heavy atom. The number of nitrogens with zero attached hydrogens (tertiary/aromatic N) is 5. The van der Waals surface area contributed by atoms with Gasteiger partial charge in [-0.05, 0) is 37.8 Å². The minimum Gasteiger partial charge on any atom is -0.480 e. The first-order chi connectivity index (χ1) is 12.6. The number of ether oxygens (including phenoxy) is 2. The molecule has 1 aliphatic carbocycles. The van der Waals surface area contributed by atoms with E-state index in [1.54, 1.807) is 19.1 Å². The number of methoxy groups -OCH3 is 2. The second-order valence-electron chi connectivity index (χ2n) is 6.87. The van der Waals surface area contributed by atoms with E-state index in [1.165, 1.54) is 0 Å². The number of carbonyl (C=O) groups excluding carboxylic acids is 1. The summed E-state index contributed by atoms with van der Waals surface area (Å²) in [5.41, 5.74) is 2.74. The highest BCUT2D eigenvalue weighted by Gasteiger charge is 2.32. The van der Waals surface area contributed by atoms with Gasteiger partial charge in [-0.1, -0.05) is 0 Å². The van der Waals surface area contributed by atoms with Crippen molar-refractivity contribution >= 4 is 5.91 Å². The molecule has 0 unspecified atom stereocenters. The van der Waals surface area contributed by atoms with Crippen LogP contribution in [0, 0.1) is 0 Å². The van der Waals surface area contributed by atoms with E-state index < -0.39 is 0 Å². The van der Waals surface area contributed by atoms with E-state index >= 15 is 0 Å². The number of aryl methyl sites for hydroxylation is 2. The SMILES string of the molecule is COCc1nnc2n1[C@@H](C)CN(C(=O)c1cc3c(nc1OC)CCC3)C2. The first kappa shape index (κ1) is 17.0. The average molecular weight is 357 g/mol. The number of fused-ring (bicyclic) bond motifs is 2. The highest BCUT2D eigenvalue weighted by Crippen LogP contribution is 2.29. The summed E-state index contributed by atoms with van der Waals surface area (Å²) in [6.07, 6.45) is 3.00. The first-order valence-corrected chi connectivity index (χ1v) is 8.90. The van der Waals surface area contributed by atoms with Crippen molar-refractivity contribution in [2.45, 2.75) is 45.4 Å². The molecule has 2 aliphatic rings. The molecule has 0 saturated carbocycles. The molecule has 0 radical (unpaired) electrons. The molecule has 0 saturated heterocycles. The summed E-state index contributed by atoms with van der Waals surface area (Å²) in [5.74, 6) is 1.91. The van der Waals surface area contributed by atoms with Gasteiger partial charge in [0, 0.05) is 19.3 Å². The van der Waals surface area contributed by atoms with Crippen molar-refractivity contribution in [2.24, 2.45) is 0 Å². The first-order valence-electron chi connectivity index (χ1n) is 8.90. The second kappa shape index (κ2) is 6.68. The minimum absolute atomic E-state index is 0.0709. The lowest BCUT2D eigenvalue weighted by molar-refractivity contribution is 0.0670. The molecule has 2 aromatic rings. The maximum Gasteiger partial charge on any atom is 0.259 e. The van der Waals surface area contributed by atoms with Crippen molar-refractivity contribution in [1.29, 1.82) is 0 Å². The lowest BCUT2D eigenvalue weighted by Crippen LogP contribution is -2.41. The summed E-state index contributed by atoms with van der Waals surface area (Å²) >= 11 is 0. The van der Waals surface area contributed by atoms with Gasteiger partial charge < -0.3 is 18.9 Å². The van der Waals surface area contributed by atoms with Crippen LogP contribution >= 0.6 is 0 Å². The molecule has 1 atom stereocenters. The zero-order chi connectivity index (χ0) is 18.3. The van der Waals surface area contributed by atoms with Gasteiger partial charge >= 0.3 is 0 Å². The molecule has 1 aliphatic heterocycles. The zero-order valence-electron chi connectivity index (χ0n) is 15.4. The van der Waals surface area contributed by atoms with Crippen molar-refractivity contribution in [3.8, 4) is 5.88 Å². The topological polar surface area (TPSA) is 82.4 Å². The molecule has 0 bridgehead atoms. The Bertz CT molecular complexity index is 848. The maximum absolute atomic E-state index is 13.2.